The molecule has 3 rings (SSSR count). The molecule has 1 fully saturated rings. The summed E-state index contributed by atoms with van der Waals surface area (Å²) in [6.07, 6.45) is 5.36. The van der Waals surface area contributed by atoms with E-state index in [0.717, 1.165) is 28.6 Å². The minimum absolute atomic E-state index is 0.0519. The van der Waals surface area contributed by atoms with Gasteiger partial charge in [-0.15, -0.1) is 0 Å². The van der Waals surface area contributed by atoms with Crippen molar-refractivity contribution >= 4 is 28.6 Å². The largest absolute Gasteiger partial charge is 0.360 e. The zero-order valence-corrected chi connectivity index (χ0v) is 12.5. The smallest absolute Gasteiger partial charge is 0.253 e. The van der Waals surface area contributed by atoms with Crippen LogP contribution in [-0.4, -0.2) is 27.9 Å². The molecule has 0 aliphatic heterocycles. The van der Waals surface area contributed by atoms with E-state index in [1.807, 2.05) is 42.2 Å². The monoisotopic (exact) mass is 288 g/mol. The van der Waals surface area contributed by atoms with Crippen molar-refractivity contribution in [2.45, 2.75) is 37.5 Å². The number of amides is 1. The zero-order valence-electron chi connectivity index (χ0n) is 11.7. The standard InChI is InChI=1S/C16H20N2OS/c1-2-20-15-9-5-8-14(15)18-16(19)12-10-17-13-7-4-3-6-11(12)13/h3-4,6-7,10,14-15,17H,2,5,8-9H2,1H3,(H,18,19). The molecule has 1 heterocycles. The number of fused-ring (bicyclic) bond motifs is 1. The number of hydrogen-bond acceptors (Lipinski definition) is 2. The van der Waals surface area contributed by atoms with Gasteiger partial charge in [-0.05, 0) is 24.7 Å². The fraction of sp³-hybridized carbons (Fsp3) is 0.438. The third-order valence-corrected chi connectivity index (χ3v) is 5.31. The number of para-hydroxylation sites is 1. The summed E-state index contributed by atoms with van der Waals surface area (Å²) in [7, 11) is 0. The number of carbonyl (C=O) groups excluding carboxylic acids is 1. The number of hydrogen-bond donors (Lipinski definition) is 2. The van der Waals surface area contributed by atoms with E-state index >= 15 is 0 Å². The molecule has 1 aromatic heterocycles. The lowest BCUT2D eigenvalue weighted by Crippen LogP contribution is -2.38. The van der Waals surface area contributed by atoms with Crippen LogP contribution in [0.4, 0.5) is 0 Å². The van der Waals surface area contributed by atoms with E-state index in [-0.39, 0.29) is 5.91 Å². The first-order valence-corrected chi connectivity index (χ1v) is 8.33. The molecule has 0 saturated heterocycles. The molecule has 2 aromatic rings. The van der Waals surface area contributed by atoms with Crippen molar-refractivity contribution in [1.82, 2.24) is 10.3 Å². The molecule has 4 heteroatoms. The quantitative estimate of drug-likeness (QED) is 0.903. The van der Waals surface area contributed by atoms with Gasteiger partial charge in [0.05, 0.1) is 5.56 Å². The maximum absolute atomic E-state index is 12.5. The van der Waals surface area contributed by atoms with Crippen molar-refractivity contribution in [2.75, 3.05) is 5.75 Å². The highest BCUT2D eigenvalue weighted by Crippen LogP contribution is 2.30. The fourth-order valence-electron chi connectivity index (χ4n) is 3.01. The third-order valence-electron chi connectivity index (χ3n) is 3.98. The molecule has 2 N–H and O–H groups in total. The Morgan fingerprint density at radius 1 is 1.40 bits per heavy atom. The SMILES string of the molecule is CCSC1CCCC1NC(=O)c1c[nH]c2ccccc12. The Labute approximate surface area is 123 Å². The van der Waals surface area contributed by atoms with Crippen LogP contribution < -0.4 is 5.32 Å². The number of carbonyl (C=O) groups is 1. The van der Waals surface area contributed by atoms with Gasteiger partial charge in [-0.25, -0.2) is 0 Å². The van der Waals surface area contributed by atoms with E-state index in [2.05, 4.69) is 17.2 Å². The highest BCUT2D eigenvalue weighted by atomic mass is 32.2. The van der Waals surface area contributed by atoms with Crippen molar-refractivity contribution in [2.24, 2.45) is 0 Å². The maximum atomic E-state index is 12.5. The highest BCUT2D eigenvalue weighted by molar-refractivity contribution is 7.99. The predicted molar refractivity (Wildman–Crippen MR) is 85.3 cm³/mol. The summed E-state index contributed by atoms with van der Waals surface area (Å²) in [4.78, 5) is 15.6. The van der Waals surface area contributed by atoms with Gasteiger partial charge in [-0.2, -0.15) is 11.8 Å². The van der Waals surface area contributed by atoms with Crippen LogP contribution in [0.5, 0.6) is 0 Å². The van der Waals surface area contributed by atoms with Crippen LogP contribution in [0.15, 0.2) is 30.5 Å². The Bertz CT molecular complexity index is 607. The first kappa shape index (κ1) is 13.6. The van der Waals surface area contributed by atoms with Gasteiger partial charge in [0, 0.05) is 28.4 Å². The van der Waals surface area contributed by atoms with Crippen LogP contribution in [0.2, 0.25) is 0 Å². The lowest BCUT2D eigenvalue weighted by Gasteiger charge is -2.19. The number of benzene rings is 1. The molecule has 1 aromatic carbocycles. The van der Waals surface area contributed by atoms with E-state index < -0.39 is 0 Å². The summed E-state index contributed by atoms with van der Waals surface area (Å²) in [6.45, 7) is 2.18. The minimum atomic E-state index is 0.0519. The van der Waals surface area contributed by atoms with E-state index in [1.54, 1.807) is 0 Å². The Hall–Kier alpha value is -1.42. The lowest BCUT2D eigenvalue weighted by molar-refractivity contribution is 0.0940. The molecule has 0 radical (unpaired) electrons. The second-order valence-electron chi connectivity index (χ2n) is 5.25. The Kier molecular flexibility index (Phi) is 4.01. The van der Waals surface area contributed by atoms with Gasteiger partial charge in [0.2, 0.25) is 0 Å². The molecule has 20 heavy (non-hydrogen) atoms. The average Bonchev–Trinajstić information content (AvgIpc) is 3.06. The first-order chi connectivity index (χ1) is 9.79. The summed E-state index contributed by atoms with van der Waals surface area (Å²) in [5.41, 5.74) is 1.77. The molecule has 2 unspecified atom stereocenters. The molecule has 0 bridgehead atoms. The van der Waals surface area contributed by atoms with Crippen LogP contribution in [0.3, 0.4) is 0 Å². The molecular weight excluding hydrogens is 268 g/mol. The summed E-state index contributed by atoms with van der Waals surface area (Å²) in [5.74, 6) is 1.17. The predicted octanol–water partition coefficient (Wildman–Crippen LogP) is 3.57. The summed E-state index contributed by atoms with van der Waals surface area (Å²) in [5, 5.41) is 4.81. The molecule has 2 atom stereocenters. The van der Waals surface area contributed by atoms with E-state index in [0.29, 0.717) is 11.3 Å². The molecule has 1 aliphatic rings. The third kappa shape index (κ3) is 2.57. The molecular formula is C16H20N2OS. The van der Waals surface area contributed by atoms with E-state index in [1.165, 1.54) is 12.8 Å². The van der Waals surface area contributed by atoms with Gasteiger partial charge in [0.1, 0.15) is 0 Å². The van der Waals surface area contributed by atoms with Crippen LogP contribution in [0.1, 0.15) is 36.5 Å². The normalized spacial score (nSPS) is 22.2. The fourth-order valence-corrected chi connectivity index (χ4v) is 4.21. The molecule has 106 valence electrons. The number of nitrogens with one attached hydrogen (secondary N) is 2. The van der Waals surface area contributed by atoms with Crippen molar-refractivity contribution in [3.8, 4) is 0 Å². The van der Waals surface area contributed by atoms with Gasteiger partial charge in [0.25, 0.3) is 5.91 Å². The maximum Gasteiger partial charge on any atom is 0.253 e. The molecule has 3 nitrogen and oxygen atoms in total. The molecule has 1 amide bonds. The lowest BCUT2D eigenvalue weighted by atomic mass is 10.1. The number of H-pyrrole nitrogens is 1. The van der Waals surface area contributed by atoms with Crippen molar-refractivity contribution in [1.29, 1.82) is 0 Å². The average molecular weight is 288 g/mol. The summed E-state index contributed by atoms with van der Waals surface area (Å²) < 4.78 is 0. The van der Waals surface area contributed by atoms with Crippen molar-refractivity contribution in [3.63, 3.8) is 0 Å². The number of thioether (sulfide) groups is 1. The summed E-state index contributed by atoms with van der Waals surface area (Å²) >= 11 is 1.97. The van der Waals surface area contributed by atoms with Crippen LogP contribution in [-0.2, 0) is 0 Å². The Morgan fingerprint density at radius 3 is 3.10 bits per heavy atom. The Balaban J connectivity index is 1.76. The number of aromatic nitrogens is 1. The molecule has 0 spiro atoms. The Morgan fingerprint density at radius 2 is 2.25 bits per heavy atom. The minimum Gasteiger partial charge on any atom is -0.360 e. The van der Waals surface area contributed by atoms with Gasteiger partial charge >= 0.3 is 0 Å². The van der Waals surface area contributed by atoms with Crippen LogP contribution in [0, 0.1) is 0 Å². The highest BCUT2D eigenvalue weighted by Gasteiger charge is 2.29. The molecule has 1 saturated carbocycles. The van der Waals surface area contributed by atoms with Crippen LogP contribution in [0.25, 0.3) is 10.9 Å². The second kappa shape index (κ2) is 5.92. The van der Waals surface area contributed by atoms with Crippen molar-refractivity contribution in [3.05, 3.63) is 36.0 Å². The van der Waals surface area contributed by atoms with E-state index in [4.69, 9.17) is 0 Å². The van der Waals surface area contributed by atoms with Gasteiger partial charge in [-0.3, -0.25) is 4.79 Å². The molecule has 1 aliphatic carbocycles. The van der Waals surface area contributed by atoms with Gasteiger partial charge in [0.15, 0.2) is 0 Å². The number of aromatic amines is 1. The number of rotatable bonds is 4. The van der Waals surface area contributed by atoms with Crippen LogP contribution >= 0.6 is 11.8 Å². The zero-order chi connectivity index (χ0) is 13.9. The van der Waals surface area contributed by atoms with E-state index in [9.17, 15) is 4.79 Å². The van der Waals surface area contributed by atoms with Gasteiger partial charge < -0.3 is 10.3 Å². The topological polar surface area (TPSA) is 44.9 Å². The van der Waals surface area contributed by atoms with Crippen molar-refractivity contribution < 1.29 is 4.79 Å². The second-order valence-corrected chi connectivity index (χ2v) is 6.77. The first-order valence-electron chi connectivity index (χ1n) is 7.28. The summed E-state index contributed by atoms with van der Waals surface area (Å²) in [6, 6.07) is 8.26. The van der Waals surface area contributed by atoms with Gasteiger partial charge in [-0.1, -0.05) is 31.5 Å².